The fourth-order valence-electron chi connectivity index (χ4n) is 2.72. The average molecular weight is 312 g/mol. The quantitative estimate of drug-likeness (QED) is 0.787. The van der Waals surface area contributed by atoms with Gasteiger partial charge in [-0.3, -0.25) is 0 Å². The fourth-order valence-corrected chi connectivity index (χ4v) is 4.51. The third-order valence-electron chi connectivity index (χ3n) is 4.16. The van der Waals surface area contributed by atoms with Crippen molar-refractivity contribution >= 4 is 15.8 Å². The molecule has 8 heteroatoms. The summed E-state index contributed by atoms with van der Waals surface area (Å²) in [5, 5.41) is -0.164. The summed E-state index contributed by atoms with van der Waals surface area (Å²) in [6.45, 7) is 1.38. The zero-order valence-electron chi connectivity index (χ0n) is 12.3. The van der Waals surface area contributed by atoms with Crippen LogP contribution in [-0.2, 0) is 10.0 Å². The van der Waals surface area contributed by atoms with Crippen LogP contribution in [0.1, 0.15) is 19.3 Å². The maximum Gasteiger partial charge on any atom is 0.257 e. The lowest BCUT2D eigenvalue weighted by Gasteiger charge is -2.24. The minimum atomic E-state index is -3.13. The molecule has 1 aromatic rings. The van der Waals surface area contributed by atoms with Crippen LogP contribution in [0.5, 0.6) is 5.88 Å². The molecule has 0 unspecified atom stereocenters. The molecule has 1 saturated heterocycles. The minimum absolute atomic E-state index is 0.0117. The van der Waals surface area contributed by atoms with E-state index in [2.05, 4.69) is 9.97 Å². The summed E-state index contributed by atoms with van der Waals surface area (Å²) in [6, 6.07) is -0.0117. The molecule has 0 bridgehead atoms. The lowest BCUT2D eigenvalue weighted by molar-refractivity contribution is 0.386. The van der Waals surface area contributed by atoms with Gasteiger partial charge in [-0.25, -0.2) is 18.4 Å². The van der Waals surface area contributed by atoms with Gasteiger partial charge in [0.25, 0.3) is 5.88 Å². The van der Waals surface area contributed by atoms with E-state index in [1.165, 1.54) is 0 Å². The molecule has 3 rings (SSSR count). The number of rotatable bonds is 5. The third kappa shape index (κ3) is 2.69. The first-order chi connectivity index (χ1) is 10.0. The molecule has 7 nitrogen and oxygen atoms in total. The van der Waals surface area contributed by atoms with Gasteiger partial charge in [0, 0.05) is 38.6 Å². The van der Waals surface area contributed by atoms with E-state index in [1.54, 1.807) is 30.9 Å². The van der Waals surface area contributed by atoms with Gasteiger partial charge in [0.2, 0.25) is 10.0 Å². The largest absolute Gasteiger partial charge is 0.478 e. The zero-order valence-corrected chi connectivity index (χ0v) is 13.1. The molecule has 1 atom stereocenters. The number of ether oxygens (including phenoxy) is 1. The van der Waals surface area contributed by atoms with Crippen LogP contribution < -0.4 is 9.64 Å². The predicted molar refractivity (Wildman–Crippen MR) is 78.9 cm³/mol. The van der Waals surface area contributed by atoms with E-state index in [9.17, 15) is 8.42 Å². The van der Waals surface area contributed by atoms with Crippen molar-refractivity contribution in [2.24, 2.45) is 0 Å². The highest BCUT2D eigenvalue weighted by Gasteiger charge is 2.42. The zero-order chi connectivity index (χ0) is 15.0. The van der Waals surface area contributed by atoms with Crippen molar-refractivity contribution in [3.63, 3.8) is 0 Å². The minimum Gasteiger partial charge on any atom is -0.478 e. The second kappa shape index (κ2) is 5.42. The van der Waals surface area contributed by atoms with Gasteiger partial charge in [-0.15, -0.1) is 0 Å². The van der Waals surface area contributed by atoms with Crippen molar-refractivity contribution in [2.45, 2.75) is 30.6 Å². The topological polar surface area (TPSA) is 75.6 Å². The number of sulfonamides is 1. The Morgan fingerprint density at radius 1 is 1.29 bits per heavy atom. The standard InChI is InChI=1S/C13H20N4O3S/c1-16(21(18,19)11-3-4-11)10-5-8-17(9-10)12-13(20-2)15-7-6-14-12/h6-7,10-11H,3-5,8-9H2,1-2H3/t10-/m0/s1. The fraction of sp³-hybridized carbons (Fsp3) is 0.692. The molecule has 1 aliphatic carbocycles. The van der Waals surface area contributed by atoms with Crippen molar-refractivity contribution < 1.29 is 13.2 Å². The first kappa shape index (κ1) is 14.5. The SMILES string of the molecule is COc1nccnc1N1CC[C@H](N(C)S(=O)(=O)C2CC2)C1. The Labute approximate surface area is 125 Å². The number of nitrogens with zero attached hydrogens (tertiary/aromatic N) is 4. The summed E-state index contributed by atoms with van der Waals surface area (Å²) in [4.78, 5) is 10.5. The van der Waals surface area contributed by atoms with E-state index in [-0.39, 0.29) is 11.3 Å². The molecule has 0 radical (unpaired) electrons. The highest BCUT2D eigenvalue weighted by molar-refractivity contribution is 7.90. The Bertz CT molecular complexity index is 618. The molecule has 0 N–H and O–H groups in total. The Morgan fingerprint density at radius 3 is 2.67 bits per heavy atom. The van der Waals surface area contributed by atoms with E-state index in [1.807, 2.05) is 4.90 Å². The van der Waals surface area contributed by atoms with Crippen LogP contribution in [0.3, 0.4) is 0 Å². The molecule has 1 aromatic heterocycles. The summed E-state index contributed by atoms with van der Waals surface area (Å²) >= 11 is 0. The summed E-state index contributed by atoms with van der Waals surface area (Å²) in [5.74, 6) is 1.16. The predicted octanol–water partition coefficient (Wildman–Crippen LogP) is 0.488. The molecule has 0 aromatic carbocycles. The van der Waals surface area contributed by atoms with Gasteiger partial charge >= 0.3 is 0 Å². The Balaban J connectivity index is 1.73. The van der Waals surface area contributed by atoms with Gasteiger partial charge in [0.05, 0.1) is 12.4 Å². The molecule has 2 heterocycles. The number of hydrogen-bond donors (Lipinski definition) is 0. The Morgan fingerprint density at radius 2 is 2.00 bits per heavy atom. The maximum atomic E-state index is 12.3. The summed E-state index contributed by atoms with van der Waals surface area (Å²) in [6.07, 6.45) is 5.58. The lowest BCUT2D eigenvalue weighted by Crippen LogP contribution is -2.40. The van der Waals surface area contributed by atoms with Gasteiger partial charge in [-0.2, -0.15) is 4.31 Å². The molecule has 2 aliphatic rings. The van der Waals surface area contributed by atoms with Crippen molar-refractivity contribution in [3.05, 3.63) is 12.4 Å². The van der Waals surface area contributed by atoms with Gasteiger partial charge in [0.15, 0.2) is 5.82 Å². The first-order valence-electron chi connectivity index (χ1n) is 7.11. The van der Waals surface area contributed by atoms with Crippen LogP contribution in [-0.4, -0.2) is 61.2 Å². The Kier molecular flexibility index (Phi) is 3.75. The van der Waals surface area contributed by atoms with E-state index in [0.29, 0.717) is 18.2 Å². The van der Waals surface area contributed by atoms with E-state index in [0.717, 1.165) is 25.8 Å². The van der Waals surface area contributed by atoms with E-state index < -0.39 is 10.0 Å². The Hall–Kier alpha value is -1.41. The first-order valence-corrected chi connectivity index (χ1v) is 8.61. The molecule has 21 heavy (non-hydrogen) atoms. The van der Waals surface area contributed by atoms with Gasteiger partial charge in [-0.05, 0) is 19.3 Å². The monoisotopic (exact) mass is 312 g/mol. The average Bonchev–Trinajstić information content (AvgIpc) is 3.25. The molecule has 1 aliphatic heterocycles. The van der Waals surface area contributed by atoms with Crippen molar-refractivity contribution in [1.82, 2.24) is 14.3 Å². The summed E-state index contributed by atoms with van der Waals surface area (Å²) in [5.41, 5.74) is 0. The van der Waals surface area contributed by atoms with Crippen LogP contribution in [0, 0.1) is 0 Å². The van der Waals surface area contributed by atoms with Crippen molar-refractivity contribution in [2.75, 3.05) is 32.1 Å². The molecule has 0 amide bonds. The lowest BCUT2D eigenvalue weighted by atomic mass is 10.3. The van der Waals surface area contributed by atoms with Gasteiger partial charge in [-0.1, -0.05) is 0 Å². The van der Waals surface area contributed by atoms with Crippen LogP contribution in [0.15, 0.2) is 12.4 Å². The molecule has 1 saturated carbocycles. The van der Waals surface area contributed by atoms with Crippen LogP contribution in [0.25, 0.3) is 0 Å². The van der Waals surface area contributed by atoms with Crippen LogP contribution in [0.2, 0.25) is 0 Å². The molecule has 116 valence electrons. The normalized spacial score (nSPS) is 22.8. The second-order valence-electron chi connectivity index (χ2n) is 5.54. The third-order valence-corrected chi connectivity index (χ3v) is 6.58. The van der Waals surface area contributed by atoms with E-state index in [4.69, 9.17) is 4.74 Å². The number of aromatic nitrogens is 2. The van der Waals surface area contributed by atoms with Crippen LogP contribution >= 0.6 is 0 Å². The molecule has 0 spiro atoms. The highest BCUT2D eigenvalue weighted by atomic mass is 32.2. The smallest absolute Gasteiger partial charge is 0.257 e. The second-order valence-corrected chi connectivity index (χ2v) is 7.81. The highest BCUT2D eigenvalue weighted by Crippen LogP contribution is 2.34. The number of hydrogen-bond acceptors (Lipinski definition) is 6. The summed E-state index contributed by atoms with van der Waals surface area (Å²) in [7, 11) is 0.119. The number of methoxy groups -OCH3 is 1. The van der Waals surface area contributed by atoms with E-state index >= 15 is 0 Å². The van der Waals surface area contributed by atoms with Crippen molar-refractivity contribution in [3.8, 4) is 5.88 Å². The molecular formula is C13H20N4O3S. The molecular weight excluding hydrogens is 292 g/mol. The van der Waals surface area contributed by atoms with Crippen molar-refractivity contribution in [1.29, 1.82) is 0 Å². The maximum absolute atomic E-state index is 12.3. The van der Waals surface area contributed by atoms with Gasteiger partial charge in [0.1, 0.15) is 0 Å². The summed E-state index contributed by atoms with van der Waals surface area (Å²) < 4.78 is 31.4. The number of likely N-dealkylation sites (N-methyl/N-ethyl adjacent to an activating group) is 1. The number of anilines is 1. The van der Waals surface area contributed by atoms with Crippen LogP contribution in [0.4, 0.5) is 5.82 Å². The molecule has 2 fully saturated rings. The van der Waals surface area contributed by atoms with Gasteiger partial charge < -0.3 is 9.64 Å².